The van der Waals surface area contributed by atoms with Gasteiger partial charge in [-0.2, -0.15) is 0 Å². The molecule has 10 atom stereocenters. The molecule has 3 nitrogen and oxygen atoms in total. The van der Waals surface area contributed by atoms with Crippen molar-refractivity contribution in [3.63, 3.8) is 0 Å². The number of hydrogen-bond donors (Lipinski definition) is 2. The van der Waals surface area contributed by atoms with Gasteiger partial charge >= 0.3 is 0 Å². The fraction of sp³-hybridized carbons (Fsp3) is 1.00. The zero-order valence-electron chi connectivity index (χ0n) is 22.2. The van der Waals surface area contributed by atoms with E-state index in [1.54, 1.807) is 0 Å². The minimum Gasteiger partial charge on any atom is -0.393 e. The summed E-state index contributed by atoms with van der Waals surface area (Å²) < 4.78 is 0.848. The first-order valence-electron chi connectivity index (χ1n) is 14.1. The van der Waals surface area contributed by atoms with E-state index in [9.17, 15) is 10.2 Å². The van der Waals surface area contributed by atoms with Crippen LogP contribution in [0.4, 0.5) is 0 Å². The van der Waals surface area contributed by atoms with Gasteiger partial charge in [0.05, 0.1) is 27.2 Å². The lowest BCUT2D eigenvalue weighted by Gasteiger charge is -2.61. The predicted molar refractivity (Wildman–Crippen MR) is 133 cm³/mol. The molecule has 2 N–H and O–H groups in total. The van der Waals surface area contributed by atoms with Crippen molar-refractivity contribution >= 4 is 0 Å². The van der Waals surface area contributed by atoms with Crippen molar-refractivity contribution in [2.24, 2.45) is 46.3 Å². The van der Waals surface area contributed by atoms with Crippen molar-refractivity contribution in [2.45, 2.75) is 110 Å². The van der Waals surface area contributed by atoms with Crippen LogP contribution in [-0.4, -0.2) is 54.6 Å². The zero-order valence-corrected chi connectivity index (χ0v) is 22.2. The fourth-order valence-electron chi connectivity index (χ4n) is 9.81. The monoisotopic (exact) mass is 448 g/mol. The van der Waals surface area contributed by atoms with Gasteiger partial charge in [0.15, 0.2) is 0 Å². The molecule has 4 fully saturated rings. The highest BCUT2D eigenvalue weighted by atomic mass is 16.3. The van der Waals surface area contributed by atoms with Crippen LogP contribution in [0.25, 0.3) is 0 Å². The molecule has 0 spiro atoms. The van der Waals surface area contributed by atoms with Crippen LogP contribution in [0.15, 0.2) is 0 Å². The van der Waals surface area contributed by atoms with Gasteiger partial charge in [-0.3, -0.25) is 0 Å². The summed E-state index contributed by atoms with van der Waals surface area (Å²) in [6.45, 7) is 8.67. The van der Waals surface area contributed by atoms with Crippen LogP contribution >= 0.6 is 0 Å². The first-order chi connectivity index (χ1) is 14.9. The Labute approximate surface area is 198 Å². The second-order valence-electron chi connectivity index (χ2n) is 14.3. The maximum atomic E-state index is 10.4. The van der Waals surface area contributed by atoms with Gasteiger partial charge in [0, 0.05) is 0 Å². The molecule has 0 amide bonds. The van der Waals surface area contributed by atoms with Crippen LogP contribution in [0.1, 0.15) is 97.8 Å². The van der Waals surface area contributed by atoms with Gasteiger partial charge in [-0.15, -0.1) is 0 Å². The highest BCUT2D eigenvalue weighted by Crippen LogP contribution is 2.68. The second-order valence-corrected chi connectivity index (χ2v) is 14.3. The van der Waals surface area contributed by atoms with E-state index in [0.717, 1.165) is 65.8 Å². The highest BCUT2D eigenvalue weighted by molar-refractivity contribution is 5.09. The van der Waals surface area contributed by atoms with E-state index in [2.05, 4.69) is 41.9 Å². The molecule has 4 aliphatic rings. The summed E-state index contributed by atoms with van der Waals surface area (Å²) in [4.78, 5) is 0. The minimum atomic E-state index is -0.158. The molecule has 0 radical (unpaired) electrons. The summed E-state index contributed by atoms with van der Waals surface area (Å²) >= 11 is 0. The number of rotatable bonds is 7. The molecular formula is C29H54NO2+. The topological polar surface area (TPSA) is 40.5 Å². The standard InChI is InChI=1S/C29H54NO2/c1-20(8-7-9-23(32)19-30(4,5)6)25-12-13-26-24-11-10-21-18-22(31)14-16-28(21,2)27(24)15-17-29(25,26)3/h20-27,31-32H,7-19H2,1-6H3/q+1. The van der Waals surface area contributed by atoms with Crippen LogP contribution < -0.4 is 0 Å². The summed E-state index contributed by atoms with van der Waals surface area (Å²) in [6.07, 6.45) is 15.2. The zero-order chi connectivity index (χ0) is 23.3. The normalized spacial score (nSPS) is 46.1. The number of fused-ring (bicyclic) bond motifs is 5. The summed E-state index contributed by atoms with van der Waals surface area (Å²) in [5, 5.41) is 20.7. The first kappa shape index (κ1) is 25.0. The molecule has 32 heavy (non-hydrogen) atoms. The summed E-state index contributed by atoms with van der Waals surface area (Å²) in [5.74, 6) is 5.21. The molecule has 4 saturated carbocycles. The van der Waals surface area contributed by atoms with Gasteiger partial charge in [0.1, 0.15) is 12.6 Å². The Hall–Kier alpha value is -0.120. The first-order valence-corrected chi connectivity index (χ1v) is 14.1. The molecule has 0 aromatic carbocycles. The molecule has 4 rings (SSSR count). The lowest BCUT2D eigenvalue weighted by molar-refractivity contribution is -0.873. The molecule has 0 heterocycles. The molecule has 0 aromatic rings. The molecule has 0 saturated heterocycles. The Kier molecular flexibility index (Phi) is 7.15. The van der Waals surface area contributed by atoms with Crippen molar-refractivity contribution in [2.75, 3.05) is 27.7 Å². The number of aliphatic hydroxyl groups is 2. The van der Waals surface area contributed by atoms with Crippen LogP contribution in [-0.2, 0) is 0 Å². The average molecular weight is 449 g/mol. The van der Waals surface area contributed by atoms with Gasteiger partial charge in [-0.05, 0) is 111 Å². The third kappa shape index (κ3) is 4.69. The number of aliphatic hydroxyl groups excluding tert-OH is 2. The van der Waals surface area contributed by atoms with E-state index >= 15 is 0 Å². The summed E-state index contributed by atoms with van der Waals surface area (Å²) in [6, 6.07) is 0. The van der Waals surface area contributed by atoms with E-state index in [-0.39, 0.29) is 12.2 Å². The Balaban J connectivity index is 1.36. The maximum Gasteiger partial charge on any atom is 0.104 e. The molecule has 0 aromatic heterocycles. The maximum absolute atomic E-state index is 10.4. The van der Waals surface area contributed by atoms with Crippen molar-refractivity contribution in [3.05, 3.63) is 0 Å². The molecule has 0 bridgehead atoms. The van der Waals surface area contributed by atoms with Crippen LogP contribution in [0.2, 0.25) is 0 Å². The number of hydrogen-bond acceptors (Lipinski definition) is 2. The van der Waals surface area contributed by atoms with Crippen molar-refractivity contribution in [1.29, 1.82) is 0 Å². The van der Waals surface area contributed by atoms with Crippen LogP contribution in [0.3, 0.4) is 0 Å². The largest absolute Gasteiger partial charge is 0.393 e. The Morgan fingerprint density at radius 3 is 2.28 bits per heavy atom. The molecule has 0 aliphatic heterocycles. The molecule has 186 valence electrons. The van der Waals surface area contributed by atoms with Gasteiger partial charge in [0.2, 0.25) is 0 Å². The van der Waals surface area contributed by atoms with E-state index in [1.807, 2.05) is 0 Å². The van der Waals surface area contributed by atoms with E-state index in [1.165, 1.54) is 57.8 Å². The third-order valence-electron chi connectivity index (χ3n) is 11.4. The Morgan fingerprint density at radius 1 is 0.875 bits per heavy atom. The minimum absolute atomic E-state index is 0.0314. The molecular weight excluding hydrogens is 394 g/mol. The summed E-state index contributed by atoms with van der Waals surface area (Å²) in [7, 11) is 6.52. The number of quaternary nitrogens is 1. The van der Waals surface area contributed by atoms with Crippen LogP contribution in [0, 0.1) is 46.3 Å². The Morgan fingerprint density at radius 2 is 1.56 bits per heavy atom. The van der Waals surface area contributed by atoms with Gasteiger partial charge in [0.25, 0.3) is 0 Å². The summed E-state index contributed by atoms with van der Waals surface area (Å²) in [5.41, 5.74) is 1.04. The molecule has 4 aliphatic carbocycles. The number of nitrogens with zero attached hydrogens (tertiary/aromatic N) is 1. The van der Waals surface area contributed by atoms with Gasteiger partial charge in [-0.25, -0.2) is 0 Å². The van der Waals surface area contributed by atoms with Gasteiger partial charge in [-0.1, -0.05) is 33.6 Å². The second kappa shape index (κ2) is 9.15. The van der Waals surface area contributed by atoms with Crippen molar-refractivity contribution in [1.82, 2.24) is 0 Å². The molecule has 10 unspecified atom stereocenters. The van der Waals surface area contributed by atoms with E-state index in [0.29, 0.717) is 10.8 Å². The lowest BCUT2D eigenvalue weighted by Crippen LogP contribution is -2.54. The van der Waals surface area contributed by atoms with Crippen molar-refractivity contribution < 1.29 is 14.7 Å². The SMILES string of the molecule is CC(CCCC(O)C[N+](C)(C)C)C1CCC2C3CCC4CC(O)CCC4(C)C3CCC12C. The quantitative estimate of drug-likeness (QED) is 0.478. The predicted octanol–water partition coefficient (Wildman–Crippen LogP) is 5.88. The average Bonchev–Trinajstić information content (AvgIpc) is 3.04. The highest BCUT2D eigenvalue weighted by Gasteiger charge is 2.60. The lowest BCUT2D eigenvalue weighted by atomic mass is 9.44. The fourth-order valence-corrected chi connectivity index (χ4v) is 9.81. The van der Waals surface area contributed by atoms with Gasteiger partial charge < -0.3 is 14.7 Å². The number of likely N-dealkylation sites (N-methyl/N-ethyl adjacent to an activating group) is 1. The van der Waals surface area contributed by atoms with Crippen LogP contribution in [0.5, 0.6) is 0 Å². The van der Waals surface area contributed by atoms with E-state index in [4.69, 9.17) is 0 Å². The van der Waals surface area contributed by atoms with Crippen molar-refractivity contribution in [3.8, 4) is 0 Å². The third-order valence-corrected chi connectivity index (χ3v) is 11.4. The Bertz CT molecular complexity index is 644. The molecule has 3 heteroatoms. The smallest absolute Gasteiger partial charge is 0.104 e. The van der Waals surface area contributed by atoms with E-state index < -0.39 is 0 Å².